The number of aliphatic hydroxyl groups is 1. The Balaban J connectivity index is 2.16. The summed E-state index contributed by atoms with van der Waals surface area (Å²) in [5.74, 6) is -5.14. The van der Waals surface area contributed by atoms with Gasteiger partial charge < -0.3 is 47.7 Å². The lowest BCUT2D eigenvalue weighted by Gasteiger charge is -2.26. The molecule has 38 heavy (non-hydrogen) atoms. The monoisotopic (exact) mass is 533 g/mol. The van der Waals surface area contributed by atoms with Gasteiger partial charge in [0.2, 0.25) is 23.6 Å². The normalized spacial score (nSPS) is 14.8. The molecule has 2 aromatic rings. The van der Waals surface area contributed by atoms with Gasteiger partial charge in [-0.3, -0.25) is 19.2 Å². The van der Waals surface area contributed by atoms with E-state index < -0.39 is 66.3 Å². The Morgan fingerprint density at radius 2 is 1.61 bits per heavy atom. The molecule has 15 nitrogen and oxygen atoms in total. The molecule has 0 bridgehead atoms. The standard InChI is InChI=1S/C23H31N7O8/c1-11(31)19(22(36)29-17(23(37)38)8-18(25)33)30-21(35)16(7-13-9-26-10-27-13)28-20(34)15(24)6-12-2-4-14(32)5-3-12/h2-5,9-11,15-17,19,31-32H,6-8,24H2,1H3,(H2,25,33)(H,26,27)(H,28,34)(H,29,36)(H,30,35)(H,37,38). The van der Waals surface area contributed by atoms with E-state index in [0.29, 0.717) is 11.3 Å². The van der Waals surface area contributed by atoms with E-state index in [1.54, 1.807) is 12.1 Å². The smallest absolute Gasteiger partial charge is 0.326 e. The van der Waals surface area contributed by atoms with Crippen molar-refractivity contribution in [2.45, 2.75) is 56.5 Å². The Morgan fingerprint density at radius 1 is 0.974 bits per heavy atom. The van der Waals surface area contributed by atoms with E-state index in [1.807, 2.05) is 0 Å². The van der Waals surface area contributed by atoms with Crippen LogP contribution in [-0.4, -0.2) is 85.2 Å². The highest BCUT2D eigenvalue weighted by Crippen LogP contribution is 2.11. The van der Waals surface area contributed by atoms with Crippen molar-refractivity contribution >= 4 is 29.6 Å². The molecule has 1 aromatic heterocycles. The Morgan fingerprint density at radius 3 is 2.13 bits per heavy atom. The van der Waals surface area contributed by atoms with Gasteiger partial charge in [0, 0.05) is 18.3 Å². The fourth-order valence-electron chi connectivity index (χ4n) is 3.40. The molecule has 0 aliphatic heterocycles. The van der Waals surface area contributed by atoms with Crippen LogP contribution in [0.2, 0.25) is 0 Å². The van der Waals surface area contributed by atoms with Crippen molar-refractivity contribution in [3.05, 3.63) is 48.0 Å². The lowest BCUT2D eigenvalue weighted by atomic mass is 10.0. The van der Waals surface area contributed by atoms with E-state index in [1.165, 1.54) is 31.6 Å². The zero-order valence-electron chi connectivity index (χ0n) is 20.5. The van der Waals surface area contributed by atoms with Gasteiger partial charge in [-0.2, -0.15) is 0 Å². The highest BCUT2D eigenvalue weighted by Gasteiger charge is 2.33. The maximum atomic E-state index is 13.1. The zero-order valence-corrected chi connectivity index (χ0v) is 20.5. The average molecular weight is 534 g/mol. The first-order chi connectivity index (χ1) is 17.9. The maximum absolute atomic E-state index is 13.1. The van der Waals surface area contributed by atoms with Crippen LogP contribution < -0.4 is 27.4 Å². The first-order valence-corrected chi connectivity index (χ1v) is 11.5. The number of carbonyl (C=O) groups excluding carboxylic acids is 4. The number of aromatic hydroxyl groups is 1. The highest BCUT2D eigenvalue weighted by molar-refractivity contribution is 5.95. The highest BCUT2D eigenvalue weighted by atomic mass is 16.4. The number of carboxylic acids is 1. The fourth-order valence-corrected chi connectivity index (χ4v) is 3.40. The van der Waals surface area contributed by atoms with Gasteiger partial charge in [0.15, 0.2) is 0 Å². The lowest BCUT2D eigenvalue weighted by molar-refractivity contribution is -0.144. The summed E-state index contributed by atoms with van der Waals surface area (Å²) in [5.41, 5.74) is 12.1. The minimum Gasteiger partial charge on any atom is -0.508 e. The van der Waals surface area contributed by atoms with Crippen molar-refractivity contribution in [1.82, 2.24) is 25.9 Å². The van der Waals surface area contributed by atoms with Crippen LogP contribution in [0.25, 0.3) is 0 Å². The van der Waals surface area contributed by atoms with Gasteiger partial charge in [0.1, 0.15) is 23.9 Å². The van der Waals surface area contributed by atoms with Gasteiger partial charge >= 0.3 is 5.97 Å². The molecule has 206 valence electrons. The number of aromatic nitrogens is 2. The van der Waals surface area contributed by atoms with Crippen LogP contribution in [0.3, 0.4) is 0 Å². The molecule has 0 radical (unpaired) electrons. The fraction of sp³-hybridized carbons (Fsp3) is 0.391. The number of carbonyl (C=O) groups is 5. The number of nitrogens with one attached hydrogen (secondary N) is 4. The van der Waals surface area contributed by atoms with E-state index in [-0.39, 0.29) is 18.6 Å². The minimum atomic E-state index is -1.68. The molecule has 0 saturated heterocycles. The summed E-state index contributed by atoms with van der Waals surface area (Å²) in [5, 5.41) is 35.6. The van der Waals surface area contributed by atoms with Crippen LogP contribution in [0.1, 0.15) is 24.6 Å². The van der Waals surface area contributed by atoms with Crippen molar-refractivity contribution in [3.63, 3.8) is 0 Å². The molecule has 1 aromatic carbocycles. The molecule has 0 aliphatic carbocycles. The second kappa shape index (κ2) is 13.7. The van der Waals surface area contributed by atoms with Gasteiger partial charge in [-0.1, -0.05) is 12.1 Å². The predicted octanol–water partition coefficient (Wildman–Crippen LogP) is -2.98. The number of aromatic amines is 1. The second-order valence-electron chi connectivity index (χ2n) is 8.62. The van der Waals surface area contributed by atoms with E-state index in [9.17, 15) is 39.3 Å². The average Bonchev–Trinajstić information content (AvgIpc) is 3.35. The number of aliphatic hydroxyl groups excluding tert-OH is 1. The van der Waals surface area contributed by atoms with Crippen LogP contribution >= 0.6 is 0 Å². The number of H-pyrrole nitrogens is 1. The molecule has 11 N–H and O–H groups in total. The second-order valence-corrected chi connectivity index (χ2v) is 8.62. The third-order valence-corrected chi connectivity index (χ3v) is 5.42. The molecule has 5 atom stereocenters. The van der Waals surface area contributed by atoms with Crippen LogP contribution in [-0.2, 0) is 36.8 Å². The van der Waals surface area contributed by atoms with E-state index in [0.717, 1.165) is 0 Å². The summed E-state index contributed by atoms with van der Waals surface area (Å²) in [6, 6.07) is 0.390. The first-order valence-electron chi connectivity index (χ1n) is 11.5. The molecule has 4 amide bonds. The number of hydrogen-bond donors (Lipinski definition) is 9. The Bertz CT molecular complexity index is 1120. The molecular weight excluding hydrogens is 502 g/mol. The Labute approximate surface area is 217 Å². The van der Waals surface area contributed by atoms with Gasteiger partial charge in [0.25, 0.3) is 0 Å². The predicted molar refractivity (Wildman–Crippen MR) is 131 cm³/mol. The molecule has 2 rings (SSSR count). The number of benzene rings is 1. The van der Waals surface area contributed by atoms with Gasteiger partial charge in [0.05, 0.1) is 24.9 Å². The van der Waals surface area contributed by atoms with Crippen molar-refractivity contribution in [3.8, 4) is 5.75 Å². The molecule has 1 heterocycles. The number of rotatable bonds is 14. The molecule has 0 aliphatic rings. The van der Waals surface area contributed by atoms with Crippen molar-refractivity contribution in [1.29, 1.82) is 0 Å². The van der Waals surface area contributed by atoms with Gasteiger partial charge in [-0.15, -0.1) is 0 Å². The van der Waals surface area contributed by atoms with Crippen molar-refractivity contribution < 1.29 is 39.3 Å². The Kier molecular flexibility index (Phi) is 10.7. The van der Waals surface area contributed by atoms with Crippen molar-refractivity contribution in [2.75, 3.05) is 0 Å². The van der Waals surface area contributed by atoms with Crippen LogP contribution in [0.4, 0.5) is 0 Å². The SMILES string of the molecule is CC(O)C(NC(=O)C(Cc1cnc[nH]1)NC(=O)C(N)Cc1ccc(O)cc1)C(=O)NC(CC(N)=O)C(=O)O. The molecule has 5 unspecified atom stereocenters. The third-order valence-electron chi connectivity index (χ3n) is 5.42. The molecule has 0 fully saturated rings. The van der Waals surface area contributed by atoms with E-state index in [4.69, 9.17) is 11.5 Å². The number of phenolic OH excluding ortho intramolecular Hbond substituents is 1. The number of hydrogen-bond acceptors (Lipinski definition) is 9. The molecule has 15 heteroatoms. The zero-order chi connectivity index (χ0) is 28.4. The number of carboxylic acid groups (broad SMARTS) is 1. The quantitative estimate of drug-likeness (QED) is 0.119. The topological polar surface area (TPSA) is 263 Å². The number of imidazole rings is 1. The number of primary amides is 1. The van der Waals surface area contributed by atoms with Crippen molar-refractivity contribution in [2.24, 2.45) is 11.5 Å². The van der Waals surface area contributed by atoms with Crippen LogP contribution in [0.5, 0.6) is 5.75 Å². The summed E-state index contributed by atoms with van der Waals surface area (Å²) in [7, 11) is 0. The van der Waals surface area contributed by atoms with Crippen LogP contribution in [0, 0.1) is 0 Å². The maximum Gasteiger partial charge on any atom is 0.326 e. The molecule has 0 spiro atoms. The van der Waals surface area contributed by atoms with E-state index in [2.05, 4.69) is 25.9 Å². The summed E-state index contributed by atoms with van der Waals surface area (Å²) in [6.45, 7) is 1.18. The number of nitrogens with two attached hydrogens (primary N) is 2. The lowest BCUT2D eigenvalue weighted by Crippen LogP contribution is -2.60. The molecular formula is C23H31N7O8. The minimum absolute atomic E-state index is 0.0454. The number of aliphatic carboxylic acids is 1. The largest absolute Gasteiger partial charge is 0.508 e. The third kappa shape index (κ3) is 9.18. The van der Waals surface area contributed by atoms with Gasteiger partial charge in [-0.25, -0.2) is 9.78 Å². The first kappa shape index (κ1) is 29.7. The summed E-state index contributed by atoms with van der Waals surface area (Å²) < 4.78 is 0. The summed E-state index contributed by atoms with van der Waals surface area (Å²) in [6.07, 6.45) is 0.597. The van der Waals surface area contributed by atoms with Gasteiger partial charge in [-0.05, 0) is 31.0 Å². The van der Waals surface area contributed by atoms with E-state index >= 15 is 0 Å². The number of phenols is 1. The molecule has 0 saturated carbocycles. The summed E-state index contributed by atoms with van der Waals surface area (Å²) >= 11 is 0. The van der Waals surface area contributed by atoms with Crippen LogP contribution in [0.15, 0.2) is 36.8 Å². The number of amides is 4. The Hall–Kier alpha value is -4.50. The summed E-state index contributed by atoms with van der Waals surface area (Å²) in [4.78, 5) is 67.7. The number of nitrogens with zero attached hydrogens (tertiary/aromatic N) is 1.